The van der Waals surface area contributed by atoms with Crippen LogP contribution in [0.4, 0.5) is 5.69 Å². The molecule has 0 saturated carbocycles. The van der Waals surface area contributed by atoms with Gasteiger partial charge < -0.3 is 10.5 Å². The van der Waals surface area contributed by atoms with Crippen LogP contribution in [0.25, 0.3) is 22.2 Å². The topological polar surface area (TPSA) is 83.0 Å². The van der Waals surface area contributed by atoms with Gasteiger partial charge in [0.15, 0.2) is 0 Å². The molecular weight excluding hydrogens is 376 g/mol. The van der Waals surface area contributed by atoms with Crippen LogP contribution in [0.15, 0.2) is 71.9 Å². The van der Waals surface area contributed by atoms with E-state index in [4.69, 9.17) is 10.5 Å². The first-order valence-electron chi connectivity index (χ1n) is 10.1. The van der Waals surface area contributed by atoms with Crippen molar-refractivity contribution in [3.05, 3.63) is 83.0 Å². The molecule has 6 nitrogen and oxygen atoms in total. The Balaban J connectivity index is 1.76. The van der Waals surface area contributed by atoms with Crippen LogP contribution < -0.4 is 16.0 Å². The molecule has 0 unspecified atom stereocenters. The monoisotopic (exact) mass is 400 g/mol. The van der Waals surface area contributed by atoms with Crippen LogP contribution in [0.3, 0.4) is 0 Å². The number of pyridine rings is 3. The molecule has 2 N–H and O–H groups in total. The number of aryl methyl sites for hydroxylation is 1. The molecule has 30 heavy (non-hydrogen) atoms. The lowest BCUT2D eigenvalue weighted by atomic mass is 10.0. The van der Waals surface area contributed by atoms with Crippen molar-refractivity contribution in [2.45, 2.75) is 32.9 Å². The summed E-state index contributed by atoms with van der Waals surface area (Å²) in [5.41, 5.74) is 9.55. The first-order chi connectivity index (χ1) is 14.7. The molecule has 0 aliphatic rings. The minimum atomic E-state index is -0.202. The van der Waals surface area contributed by atoms with E-state index >= 15 is 0 Å². The number of aromatic nitrogens is 3. The van der Waals surface area contributed by atoms with Gasteiger partial charge in [0.1, 0.15) is 23.7 Å². The summed E-state index contributed by atoms with van der Waals surface area (Å²) in [7, 11) is 0. The molecule has 4 aromatic rings. The lowest BCUT2D eigenvalue weighted by Gasteiger charge is -2.16. The van der Waals surface area contributed by atoms with Gasteiger partial charge in [0.2, 0.25) is 0 Å². The lowest BCUT2D eigenvalue weighted by Crippen LogP contribution is -2.25. The fraction of sp³-hybridized carbons (Fsp3) is 0.208. The van der Waals surface area contributed by atoms with Crippen molar-refractivity contribution in [3.8, 4) is 16.9 Å². The first kappa shape index (κ1) is 19.6. The smallest absolute Gasteiger partial charge is 0.275 e. The standard InChI is InChI=1S/C24H24N4O2/c1-2-3-13-28-23-20(10-6-12-27-23)21(22(25)24(28)29)18-8-4-9-19(14-18)30-16-17-7-5-11-26-15-17/h4-12,14-15H,2-3,13,16,25H2,1H3. The van der Waals surface area contributed by atoms with E-state index < -0.39 is 0 Å². The Labute approximate surface area is 175 Å². The van der Waals surface area contributed by atoms with Crippen LogP contribution in [-0.2, 0) is 13.2 Å². The van der Waals surface area contributed by atoms with Crippen molar-refractivity contribution in [2.75, 3.05) is 5.73 Å². The summed E-state index contributed by atoms with van der Waals surface area (Å²) in [6.07, 6.45) is 7.09. The van der Waals surface area contributed by atoms with E-state index in [1.54, 1.807) is 23.2 Å². The van der Waals surface area contributed by atoms with Gasteiger partial charge in [-0.25, -0.2) is 4.98 Å². The highest BCUT2D eigenvalue weighted by Gasteiger charge is 2.17. The molecule has 0 aliphatic carbocycles. The largest absolute Gasteiger partial charge is 0.489 e. The lowest BCUT2D eigenvalue weighted by molar-refractivity contribution is 0.306. The average molecular weight is 400 g/mol. The third-order valence-electron chi connectivity index (χ3n) is 5.04. The number of fused-ring (bicyclic) bond motifs is 1. The number of rotatable bonds is 7. The normalized spacial score (nSPS) is 11.0. The minimum Gasteiger partial charge on any atom is -0.489 e. The maximum absolute atomic E-state index is 13.0. The molecule has 3 aromatic heterocycles. The van der Waals surface area contributed by atoms with Gasteiger partial charge in [0.25, 0.3) is 5.56 Å². The molecule has 0 spiro atoms. The van der Waals surface area contributed by atoms with E-state index in [9.17, 15) is 4.79 Å². The van der Waals surface area contributed by atoms with Crippen LogP contribution in [0.2, 0.25) is 0 Å². The second-order valence-corrected chi connectivity index (χ2v) is 7.15. The molecule has 0 aliphatic heterocycles. The van der Waals surface area contributed by atoms with E-state index in [0.717, 1.165) is 29.4 Å². The SMILES string of the molecule is CCCCn1c(=O)c(N)c(-c2cccc(OCc3cccnc3)c2)c2cccnc21. The summed E-state index contributed by atoms with van der Waals surface area (Å²) >= 11 is 0. The zero-order valence-corrected chi connectivity index (χ0v) is 16.9. The van der Waals surface area contributed by atoms with Gasteiger partial charge in [0.05, 0.1) is 0 Å². The Morgan fingerprint density at radius 3 is 2.77 bits per heavy atom. The highest BCUT2D eigenvalue weighted by molar-refractivity contribution is 5.99. The fourth-order valence-corrected chi connectivity index (χ4v) is 3.53. The Bertz CT molecular complexity index is 1220. The zero-order valence-electron chi connectivity index (χ0n) is 16.9. The zero-order chi connectivity index (χ0) is 20.9. The highest BCUT2D eigenvalue weighted by Crippen LogP contribution is 2.33. The maximum Gasteiger partial charge on any atom is 0.275 e. The molecule has 0 radical (unpaired) electrons. The van der Waals surface area contributed by atoms with Gasteiger partial charge in [0, 0.05) is 41.6 Å². The summed E-state index contributed by atoms with van der Waals surface area (Å²) in [6.45, 7) is 3.10. The second-order valence-electron chi connectivity index (χ2n) is 7.15. The highest BCUT2D eigenvalue weighted by atomic mass is 16.5. The van der Waals surface area contributed by atoms with Crippen molar-refractivity contribution in [1.29, 1.82) is 0 Å². The predicted octanol–water partition coefficient (Wildman–Crippen LogP) is 4.42. The van der Waals surface area contributed by atoms with Gasteiger partial charge >= 0.3 is 0 Å². The molecule has 3 heterocycles. The molecule has 6 heteroatoms. The molecule has 4 rings (SSSR count). The number of anilines is 1. The van der Waals surface area contributed by atoms with Gasteiger partial charge in [-0.05, 0) is 42.3 Å². The van der Waals surface area contributed by atoms with Crippen molar-refractivity contribution in [2.24, 2.45) is 0 Å². The summed E-state index contributed by atoms with van der Waals surface area (Å²) in [6, 6.07) is 15.3. The van der Waals surface area contributed by atoms with Crippen molar-refractivity contribution < 1.29 is 4.74 Å². The first-order valence-corrected chi connectivity index (χ1v) is 10.1. The van der Waals surface area contributed by atoms with Crippen molar-refractivity contribution >= 4 is 16.7 Å². The van der Waals surface area contributed by atoms with E-state index in [0.29, 0.717) is 30.1 Å². The van der Waals surface area contributed by atoms with E-state index in [-0.39, 0.29) is 11.2 Å². The molecule has 0 atom stereocenters. The van der Waals surface area contributed by atoms with Crippen LogP contribution in [-0.4, -0.2) is 14.5 Å². The molecule has 0 saturated heterocycles. The Morgan fingerprint density at radius 1 is 1.10 bits per heavy atom. The average Bonchev–Trinajstić information content (AvgIpc) is 2.79. The number of nitrogens with two attached hydrogens (primary N) is 1. The Morgan fingerprint density at radius 2 is 1.97 bits per heavy atom. The number of unbranched alkanes of at least 4 members (excludes halogenated alkanes) is 1. The number of hydrogen-bond donors (Lipinski definition) is 1. The number of ether oxygens (including phenoxy) is 1. The summed E-state index contributed by atoms with van der Waals surface area (Å²) in [5, 5.41) is 0.857. The van der Waals surface area contributed by atoms with E-state index in [1.807, 2.05) is 48.5 Å². The third kappa shape index (κ3) is 3.89. The molecule has 0 fully saturated rings. The van der Waals surface area contributed by atoms with Gasteiger partial charge in [-0.3, -0.25) is 14.3 Å². The molecular formula is C24H24N4O2. The molecule has 152 valence electrons. The summed E-state index contributed by atoms with van der Waals surface area (Å²) in [4.78, 5) is 21.6. The van der Waals surface area contributed by atoms with Crippen LogP contribution >= 0.6 is 0 Å². The summed E-state index contributed by atoms with van der Waals surface area (Å²) in [5.74, 6) is 0.697. The van der Waals surface area contributed by atoms with Gasteiger partial charge in [-0.2, -0.15) is 0 Å². The van der Waals surface area contributed by atoms with Gasteiger partial charge in [-0.15, -0.1) is 0 Å². The van der Waals surface area contributed by atoms with E-state index in [1.165, 1.54) is 0 Å². The van der Waals surface area contributed by atoms with Crippen LogP contribution in [0, 0.1) is 0 Å². The minimum absolute atomic E-state index is 0.202. The van der Waals surface area contributed by atoms with Crippen LogP contribution in [0.1, 0.15) is 25.3 Å². The van der Waals surface area contributed by atoms with Crippen LogP contribution in [0.5, 0.6) is 5.75 Å². The van der Waals surface area contributed by atoms with Gasteiger partial charge in [-0.1, -0.05) is 31.5 Å². The third-order valence-corrected chi connectivity index (χ3v) is 5.04. The molecule has 0 bridgehead atoms. The Hall–Kier alpha value is -3.67. The number of nitrogens with zero attached hydrogens (tertiary/aromatic N) is 3. The molecule has 0 amide bonds. The maximum atomic E-state index is 13.0. The van der Waals surface area contributed by atoms with Crippen molar-refractivity contribution in [3.63, 3.8) is 0 Å². The predicted molar refractivity (Wildman–Crippen MR) is 119 cm³/mol. The molecule has 1 aromatic carbocycles. The number of benzene rings is 1. The summed E-state index contributed by atoms with van der Waals surface area (Å²) < 4.78 is 7.61. The second kappa shape index (κ2) is 8.78. The van der Waals surface area contributed by atoms with Crippen molar-refractivity contribution in [1.82, 2.24) is 14.5 Å². The fourth-order valence-electron chi connectivity index (χ4n) is 3.53. The van der Waals surface area contributed by atoms with E-state index in [2.05, 4.69) is 16.9 Å². The number of nitrogen functional groups attached to an aromatic ring is 1. The number of hydrogen-bond acceptors (Lipinski definition) is 5. The quantitative estimate of drug-likeness (QED) is 0.496. The Kier molecular flexibility index (Phi) is 5.75.